The lowest BCUT2D eigenvalue weighted by atomic mass is 9.91. The molecular weight excluding hydrogens is 252 g/mol. The van der Waals surface area contributed by atoms with Gasteiger partial charge in [-0.05, 0) is 31.9 Å². The predicted octanol–water partition coefficient (Wildman–Crippen LogP) is 2.06. The molecule has 1 aliphatic rings. The summed E-state index contributed by atoms with van der Waals surface area (Å²) in [6.07, 6.45) is 3.68. The maximum Gasteiger partial charge on any atom is 0.219 e. The Labute approximate surface area is 118 Å². The van der Waals surface area contributed by atoms with Gasteiger partial charge in [0, 0.05) is 37.5 Å². The van der Waals surface area contributed by atoms with Crippen LogP contribution >= 0.6 is 0 Å². The smallest absolute Gasteiger partial charge is 0.219 e. The number of carbonyl (C=O) groups is 1. The number of likely N-dealkylation sites (tertiary alicyclic amines) is 1. The summed E-state index contributed by atoms with van der Waals surface area (Å²) in [6, 6.07) is 3.96. The van der Waals surface area contributed by atoms with Crippen LogP contribution in [0.5, 0.6) is 0 Å². The maximum atomic E-state index is 11.4. The SMILES string of the molecule is CC(=O)N1CCC(c2nc(C)nc3ncccc23)CC1. The molecule has 0 aliphatic carbocycles. The van der Waals surface area contributed by atoms with E-state index in [0.717, 1.165) is 48.5 Å². The number of carbonyl (C=O) groups excluding carboxylic acids is 1. The monoisotopic (exact) mass is 270 g/mol. The highest BCUT2D eigenvalue weighted by atomic mass is 16.2. The van der Waals surface area contributed by atoms with E-state index in [-0.39, 0.29) is 5.91 Å². The van der Waals surface area contributed by atoms with Crippen molar-refractivity contribution in [2.24, 2.45) is 0 Å². The summed E-state index contributed by atoms with van der Waals surface area (Å²) in [5.74, 6) is 1.31. The van der Waals surface area contributed by atoms with E-state index in [1.54, 1.807) is 13.1 Å². The molecule has 5 nitrogen and oxygen atoms in total. The number of aryl methyl sites for hydroxylation is 1. The summed E-state index contributed by atoms with van der Waals surface area (Å²) < 4.78 is 0. The van der Waals surface area contributed by atoms with Crippen molar-refractivity contribution in [3.05, 3.63) is 29.8 Å². The molecule has 0 bridgehead atoms. The van der Waals surface area contributed by atoms with E-state index >= 15 is 0 Å². The van der Waals surface area contributed by atoms with Crippen LogP contribution in [0.4, 0.5) is 0 Å². The largest absolute Gasteiger partial charge is 0.343 e. The second-order valence-corrected chi connectivity index (χ2v) is 5.31. The Hall–Kier alpha value is -2.04. The molecule has 104 valence electrons. The Morgan fingerprint density at radius 2 is 2.05 bits per heavy atom. The molecule has 3 heterocycles. The van der Waals surface area contributed by atoms with Gasteiger partial charge in [-0.15, -0.1) is 0 Å². The van der Waals surface area contributed by atoms with E-state index < -0.39 is 0 Å². The summed E-state index contributed by atoms with van der Waals surface area (Å²) in [5.41, 5.74) is 1.85. The van der Waals surface area contributed by atoms with Gasteiger partial charge < -0.3 is 4.90 Å². The molecule has 0 saturated carbocycles. The fourth-order valence-corrected chi connectivity index (χ4v) is 2.88. The van der Waals surface area contributed by atoms with Gasteiger partial charge in [0.15, 0.2) is 5.65 Å². The van der Waals surface area contributed by atoms with Crippen molar-refractivity contribution >= 4 is 16.9 Å². The Morgan fingerprint density at radius 1 is 1.30 bits per heavy atom. The molecular formula is C15H18N4O. The molecule has 3 rings (SSSR count). The van der Waals surface area contributed by atoms with Crippen LogP contribution in [0.15, 0.2) is 18.3 Å². The zero-order valence-electron chi connectivity index (χ0n) is 11.8. The second-order valence-electron chi connectivity index (χ2n) is 5.31. The van der Waals surface area contributed by atoms with Gasteiger partial charge >= 0.3 is 0 Å². The Kier molecular flexibility index (Phi) is 3.34. The third kappa shape index (κ3) is 2.35. The highest BCUT2D eigenvalue weighted by Gasteiger charge is 2.24. The molecule has 2 aromatic heterocycles. The fraction of sp³-hybridized carbons (Fsp3) is 0.467. The lowest BCUT2D eigenvalue weighted by Crippen LogP contribution is -2.36. The van der Waals surface area contributed by atoms with Crippen LogP contribution < -0.4 is 0 Å². The van der Waals surface area contributed by atoms with Crippen LogP contribution in [0, 0.1) is 6.92 Å². The summed E-state index contributed by atoms with van der Waals surface area (Å²) in [4.78, 5) is 26.7. The molecule has 0 radical (unpaired) electrons. The first kappa shape index (κ1) is 13.0. The van der Waals surface area contributed by atoms with Crippen molar-refractivity contribution in [3.63, 3.8) is 0 Å². The quantitative estimate of drug-likeness (QED) is 0.796. The maximum absolute atomic E-state index is 11.4. The summed E-state index contributed by atoms with van der Waals surface area (Å²) in [5, 5.41) is 1.04. The molecule has 0 N–H and O–H groups in total. The number of fused-ring (bicyclic) bond motifs is 1. The zero-order chi connectivity index (χ0) is 14.1. The molecule has 20 heavy (non-hydrogen) atoms. The average molecular weight is 270 g/mol. The molecule has 1 aliphatic heterocycles. The number of nitrogens with zero attached hydrogens (tertiary/aromatic N) is 4. The predicted molar refractivity (Wildman–Crippen MR) is 76.3 cm³/mol. The highest BCUT2D eigenvalue weighted by molar-refractivity contribution is 5.77. The van der Waals surface area contributed by atoms with Crippen LogP contribution in [-0.4, -0.2) is 38.8 Å². The van der Waals surface area contributed by atoms with Crippen LogP contribution in [0.3, 0.4) is 0 Å². The van der Waals surface area contributed by atoms with Crippen LogP contribution in [0.2, 0.25) is 0 Å². The fourth-order valence-electron chi connectivity index (χ4n) is 2.88. The van der Waals surface area contributed by atoms with Crippen LogP contribution in [-0.2, 0) is 4.79 Å². The summed E-state index contributed by atoms with van der Waals surface area (Å²) >= 11 is 0. The topological polar surface area (TPSA) is 59.0 Å². The van der Waals surface area contributed by atoms with Crippen LogP contribution in [0.1, 0.15) is 37.2 Å². The third-order valence-electron chi connectivity index (χ3n) is 3.94. The second kappa shape index (κ2) is 5.15. The number of hydrogen-bond acceptors (Lipinski definition) is 4. The number of rotatable bonds is 1. The number of amides is 1. The van der Waals surface area contributed by atoms with Gasteiger partial charge in [-0.25, -0.2) is 15.0 Å². The van der Waals surface area contributed by atoms with Gasteiger partial charge in [-0.1, -0.05) is 0 Å². The molecule has 1 amide bonds. The number of pyridine rings is 1. The number of hydrogen-bond donors (Lipinski definition) is 0. The third-order valence-corrected chi connectivity index (χ3v) is 3.94. The summed E-state index contributed by atoms with van der Waals surface area (Å²) in [6.45, 7) is 5.16. The highest BCUT2D eigenvalue weighted by Crippen LogP contribution is 2.30. The van der Waals surface area contributed by atoms with Gasteiger partial charge in [0.05, 0.1) is 5.69 Å². The Balaban J connectivity index is 1.93. The van der Waals surface area contributed by atoms with E-state index in [2.05, 4.69) is 15.0 Å². The molecule has 2 aromatic rings. The molecule has 0 atom stereocenters. The van der Waals surface area contributed by atoms with Gasteiger partial charge in [0.1, 0.15) is 5.82 Å². The van der Waals surface area contributed by atoms with E-state index in [4.69, 9.17) is 0 Å². The lowest BCUT2D eigenvalue weighted by molar-refractivity contribution is -0.129. The van der Waals surface area contributed by atoms with E-state index in [9.17, 15) is 4.79 Å². The van der Waals surface area contributed by atoms with E-state index in [0.29, 0.717) is 5.92 Å². The molecule has 0 unspecified atom stereocenters. The summed E-state index contributed by atoms with van der Waals surface area (Å²) in [7, 11) is 0. The molecule has 1 saturated heterocycles. The van der Waals surface area contributed by atoms with Crippen molar-refractivity contribution in [2.75, 3.05) is 13.1 Å². The molecule has 5 heteroatoms. The number of piperidine rings is 1. The molecule has 1 fully saturated rings. The standard InChI is InChI=1S/C15H18N4O/c1-10-17-14(13-4-3-7-16-15(13)18-10)12-5-8-19(9-6-12)11(2)20/h3-4,7,12H,5-6,8-9H2,1-2H3. The first-order valence-electron chi connectivity index (χ1n) is 7.00. The van der Waals surface area contributed by atoms with Crippen molar-refractivity contribution in [3.8, 4) is 0 Å². The number of aromatic nitrogens is 3. The van der Waals surface area contributed by atoms with Gasteiger partial charge in [0.25, 0.3) is 0 Å². The van der Waals surface area contributed by atoms with Gasteiger partial charge in [-0.3, -0.25) is 4.79 Å². The minimum absolute atomic E-state index is 0.161. The minimum Gasteiger partial charge on any atom is -0.343 e. The van der Waals surface area contributed by atoms with E-state index in [1.807, 2.05) is 24.0 Å². The first-order chi connectivity index (χ1) is 9.65. The van der Waals surface area contributed by atoms with Crippen molar-refractivity contribution < 1.29 is 4.79 Å². The normalized spacial score (nSPS) is 16.6. The Morgan fingerprint density at radius 3 is 2.75 bits per heavy atom. The van der Waals surface area contributed by atoms with E-state index in [1.165, 1.54) is 0 Å². The van der Waals surface area contributed by atoms with Gasteiger partial charge in [0.2, 0.25) is 5.91 Å². The Bertz CT molecular complexity index is 647. The first-order valence-corrected chi connectivity index (χ1v) is 7.00. The zero-order valence-corrected chi connectivity index (χ0v) is 11.8. The lowest BCUT2D eigenvalue weighted by Gasteiger charge is -2.31. The average Bonchev–Trinajstić information content (AvgIpc) is 2.46. The molecule has 0 spiro atoms. The van der Waals surface area contributed by atoms with Crippen LogP contribution in [0.25, 0.3) is 11.0 Å². The van der Waals surface area contributed by atoms with Crippen molar-refractivity contribution in [2.45, 2.75) is 32.6 Å². The van der Waals surface area contributed by atoms with Crippen molar-refractivity contribution in [1.82, 2.24) is 19.9 Å². The molecule has 0 aromatic carbocycles. The van der Waals surface area contributed by atoms with Crippen molar-refractivity contribution in [1.29, 1.82) is 0 Å². The van der Waals surface area contributed by atoms with Gasteiger partial charge in [-0.2, -0.15) is 0 Å². The minimum atomic E-state index is 0.161.